The lowest BCUT2D eigenvalue weighted by molar-refractivity contribution is -0.137. The van der Waals surface area contributed by atoms with E-state index in [1.165, 1.54) is 10.9 Å². The van der Waals surface area contributed by atoms with Crippen molar-refractivity contribution in [3.05, 3.63) is 42.0 Å². The van der Waals surface area contributed by atoms with Gasteiger partial charge in [-0.1, -0.05) is 13.8 Å². The molecule has 108 valence electrons. The molecule has 2 aromatic rings. The van der Waals surface area contributed by atoms with E-state index in [2.05, 4.69) is 15.4 Å². The molecule has 0 amide bonds. The number of alkyl halides is 3. The highest BCUT2D eigenvalue weighted by atomic mass is 19.4. The minimum Gasteiger partial charge on any atom is -0.310 e. The standard InChI is InChI=1S/C13H15F3N4/c1-9(2)18-6-10-5-17-4-3-12(10)20-8-11(7-19-20)13(14,15)16/h3-5,7-9,18H,6H2,1-2H3. The van der Waals surface area contributed by atoms with E-state index in [1.807, 2.05) is 13.8 Å². The van der Waals surface area contributed by atoms with Gasteiger partial charge >= 0.3 is 6.18 Å². The normalized spacial score (nSPS) is 12.1. The Kier molecular flexibility index (Phi) is 4.08. The van der Waals surface area contributed by atoms with E-state index in [-0.39, 0.29) is 6.04 Å². The lowest BCUT2D eigenvalue weighted by Crippen LogP contribution is -2.22. The minimum absolute atomic E-state index is 0.270. The van der Waals surface area contributed by atoms with Gasteiger partial charge in [-0.25, -0.2) is 4.68 Å². The van der Waals surface area contributed by atoms with Crippen LogP contribution in [0.1, 0.15) is 25.0 Å². The van der Waals surface area contributed by atoms with Gasteiger partial charge in [0, 0.05) is 36.7 Å². The molecule has 0 saturated carbocycles. The number of aromatic nitrogens is 3. The predicted molar refractivity (Wildman–Crippen MR) is 68.3 cm³/mol. The van der Waals surface area contributed by atoms with Crippen molar-refractivity contribution >= 4 is 0 Å². The first-order valence-electron chi connectivity index (χ1n) is 6.16. The van der Waals surface area contributed by atoms with Crippen molar-refractivity contribution in [1.29, 1.82) is 0 Å². The average molecular weight is 284 g/mol. The molecule has 0 spiro atoms. The van der Waals surface area contributed by atoms with Gasteiger partial charge in [-0.15, -0.1) is 0 Å². The van der Waals surface area contributed by atoms with Gasteiger partial charge in [0.05, 0.1) is 17.4 Å². The lowest BCUT2D eigenvalue weighted by Gasteiger charge is -2.12. The van der Waals surface area contributed by atoms with Gasteiger partial charge in [0.25, 0.3) is 0 Å². The molecule has 0 aliphatic carbocycles. The van der Waals surface area contributed by atoms with Crippen molar-refractivity contribution in [3.63, 3.8) is 0 Å². The fourth-order valence-corrected chi connectivity index (χ4v) is 1.69. The first-order chi connectivity index (χ1) is 9.38. The minimum atomic E-state index is -4.39. The Morgan fingerprint density at radius 3 is 2.65 bits per heavy atom. The molecule has 7 heteroatoms. The Morgan fingerprint density at radius 2 is 2.05 bits per heavy atom. The molecule has 4 nitrogen and oxygen atoms in total. The number of hydrogen-bond acceptors (Lipinski definition) is 3. The average Bonchev–Trinajstić information content (AvgIpc) is 2.86. The number of halogens is 3. The molecule has 1 N–H and O–H groups in total. The molecule has 2 heterocycles. The molecule has 20 heavy (non-hydrogen) atoms. The summed E-state index contributed by atoms with van der Waals surface area (Å²) in [7, 11) is 0. The summed E-state index contributed by atoms with van der Waals surface area (Å²) < 4.78 is 39.0. The maximum absolute atomic E-state index is 12.6. The van der Waals surface area contributed by atoms with Crippen molar-refractivity contribution in [2.24, 2.45) is 0 Å². The molecular formula is C13H15F3N4. The predicted octanol–water partition coefficient (Wildman–Crippen LogP) is 2.78. The van der Waals surface area contributed by atoms with Crippen molar-refractivity contribution < 1.29 is 13.2 Å². The largest absolute Gasteiger partial charge is 0.419 e. The number of nitrogens with zero attached hydrogens (tertiary/aromatic N) is 3. The topological polar surface area (TPSA) is 42.7 Å². The third-order valence-corrected chi connectivity index (χ3v) is 2.74. The molecule has 0 atom stereocenters. The van der Waals surface area contributed by atoms with Crippen LogP contribution in [0.3, 0.4) is 0 Å². The SMILES string of the molecule is CC(C)NCc1cnccc1-n1cc(C(F)(F)F)cn1. The second-order valence-corrected chi connectivity index (χ2v) is 4.71. The van der Waals surface area contributed by atoms with E-state index in [0.717, 1.165) is 18.0 Å². The number of pyridine rings is 1. The molecule has 0 radical (unpaired) electrons. The Bertz CT molecular complexity index is 575. The molecule has 0 saturated heterocycles. The molecule has 0 unspecified atom stereocenters. The maximum atomic E-state index is 12.6. The van der Waals surface area contributed by atoms with Crippen LogP contribution in [0.25, 0.3) is 5.69 Å². The highest BCUT2D eigenvalue weighted by Crippen LogP contribution is 2.29. The van der Waals surface area contributed by atoms with Crippen molar-refractivity contribution in [2.45, 2.75) is 32.6 Å². The van der Waals surface area contributed by atoms with Crippen LogP contribution >= 0.6 is 0 Å². The molecule has 0 fully saturated rings. The Morgan fingerprint density at radius 1 is 1.30 bits per heavy atom. The molecule has 0 aliphatic heterocycles. The van der Waals surface area contributed by atoms with E-state index in [0.29, 0.717) is 12.2 Å². The van der Waals surface area contributed by atoms with Crippen LogP contribution in [-0.4, -0.2) is 20.8 Å². The molecule has 0 aromatic carbocycles. The summed E-state index contributed by atoms with van der Waals surface area (Å²) in [6, 6.07) is 1.91. The summed E-state index contributed by atoms with van der Waals surface area (Å²) >= 11 is 0. The lowest BCUT2D eigenvalue weighted by atomic mass is 10.2. The van der Waals surface area contributed by atoms with Gasteiger partial charge in [-0.05, 0) is 6.07 Å². The van der Waals surface area contributed by atoms with Crippen molar-refractivity contribution in [1.82, 2.24) is 20.1 Å². The van der Waals surface area contributed by atoms with Crippen LogP contribution in [0, 0.1) is 0 Å². The summed E-state index contributed by atoms with van der Waals surface area (Å²) in [5.41, 5.74) is 0.610. The number of hydrogen-bond donors (Lipinski definition) is 1. The van der Waals surface area contributed by atoms with Crippen LogP contribution in [0.2, 0.25) is 0 Å². The number of rotatable bonds is 4. The van der Waals surface area contributed by atoms with Gasteiger partial charge in [-0.3, -0.25) is 4.98 Å². The molecule has 0 aliphatic rings. The zero-order valence-electron chi connectivity index (χ0n) is 11.1. The monoisotopic (exact) mass is 284 g/mol. The fraction of sp³-hybridized carbons (Fsp3) is 0.385. The Hall–Kier alpha value is -1.89. The van der Waals surface area contributed by atoms with E-state index in [4.69, 9.17) is 0 Å². The molecule has 2 rings (SSSR count). The summed E-state index contributed by atoms with van der Waals surface area (Å²) in [6.07, 6.45) is 0.568. The fourth-order valence-electron chi connectivity index (χ4n) is 1.69. The summed E-state index contributed by atoms with van der Waals surface area (Å²) in [5, 5.41) is 6.99. The maximum Gasteiger partial charge on any atom is 0.419 e. The first-order valence-corrected chi connectivity index (χ1v) is 6.16. The molecule has 0 bridgehead atoms. The van der Waals surface area contributed by atoms with Gasteiger partial charge in [0.15, 0.2) is 0 Å². The van der Waals surface area contributed by atoms with Gasteiger partial charge in [0.2, 0.25) is 0 Å². The van der Waals surface area contributed by atoms with Gasteiger partial charge < -0.3 is 5.32 Å². The second kappa shape index (κ2) is 5.62. The van der Waals surface area contributed by atoms with Crippen molar-refractivity contribution in [2.75, 3.05) is 0 Å². The number of nitrogens with one attached hydrogen (secondary N) is 1. The van der Waals surface area contributed by atoms with E-state index in [9.17, 15) is 13.2 Å². The molecular weight excluding hydrogens is 269 g/mol. The van der Waals surface area contributed by atoms with E-state index < -0.39 is 11.7 Å². The third-order valence-electron chi connectivity index (χ3n) is 2.74. The Labute approximate surface area is 114 Å². The smallest absolute Gasteiger partial charge is 0.310 e. The summed E-state index contributed by atoms with van der Waals surface area (Å²) in [6.45, 7) is 4.50. The van der Waals surface area contributed by atoms with Crippen LogP contribution in [0.4, 0.5) is 13.2 Å². The van der Waals surface area contributed by atoms with Crippen LogP contribution in [-0.2, 0) is 12.7 Å². The zero-order valence-corrected chi connectivity index (χ0v) is 11.1. The Balaban J connectivity index is 2.30. The van der Waals surface area contributed by atoms with E-state index >= 15 is 0 Å². The highest BCUT2D eigenvalue weighted by Gasteiger charge is 2.32. The van der Waals surface area contributed by atoms with E-state index in [1.54, 1.807) is 12.3 Å². The quantitative estimate of drug-likeness (QED) is 0.938. The second-order valence-electron chi connectivity index (χ2n) is 4.71. The van der Waals surface area contributed by atoms with Crippen LogP contribution in [0.15, 0.2) is 30.9 Å². The highest BCUT2D eigenvalue weighted by molar-refractivity contribution is 5.38. The zero-order chi connectivity index (χ0) is 14.8. The van der Waals surface area contributed by atoms with Crippen molar-refractivity contribution in [3.8, 4) is 5.69 Å². The molecule has 2 aromatic heterocycles. The van der Waals surface area contributed by atoms with Crippen LogP contribution in [0.5, 0.6) is 0 Å². The third kappa shape index (κ3) is 3.36. The first kappa shape index (κ1) is 14.5. The summed E-state index contributed by atoms with van der Waals surface area (Å²) in [4.78, 5) is 4.00. The summed E-state index contributed by atoms with van der Waals surface area (Å²) in [5.74, 6) is 0. The van der Waals surface area contributed by atoms with Gasteiger partial charge in [0.1, 0.15) is 0 Å². The van der Waals surface area contributed by atoms with Crippen LogP contribution < -0.4 is 5.32 Å². The van der Waals surface area contributed by atoms with Gasteiger partial charge in [-0.2, -0.15) is 18.3 Å².